The van der Waals surface area contributed by atoms with E-state index in [2.05, 4.69) is 34.3 Å². The Bertz CT molecular complexity index is 571. The first kappa shape index (κ1) is 13.1. The molecule has 1 aromatic heterocycles. The summed E-state index contributed by atoms with van der Waals surface area (Å²) in [7, 11) is 0. The van der Waals surface area contributed by atoms with Gasteiger partial charge in [-0.15, -0.1) is 0 Å². The predicted octanol–water partition coefficient (Wildman–Crippen LogP) is 2.65. The van der Waals surface area contributed by atoms with Gasteiger partial charge in [-0.1, -0.05) is 13.0 Å². The fourth-order valence-corrected chi connectivity index (χ4v) is 2.69. The molecule has 2 aromatic rings. The monoisotopic (exact) mass is 269 g/mol. The molecule has 0 saturated carbocycles. The third-order valence-electron chi connectivity index (χ3n) is 3.63. The van der Waals surface area contributed by atoms with Crippen molar-refractivity contribution in [2.75, 3.05) is 6.54 Å². The van der Waals surface area contributed by atoms with E-state index in [0.29, 0.717) is 18.5 Å². The molecular weight excluding hydrogens is 250 g/mol. The Morgan fingerprint density at radius 1 is 1.30 bits per heavy atom. The molecule has 4 heteroatoms. The smallest absolute Gasteiger partial charge is 0.166 e. The molecule has 0 bridgehead atoms. The molecule has 4 nitrogen and oxygen atoms in total. The predicted molar refractivity (Wildman–Crippen MR) is 77.5 cm³/mol. The van der Waals surface area contributed by atoms with Gasteiger partial charge < -0.3 is 10.1 Å². The van der Waals surface area contributed by atoms with Crippen molar-refractivity contribution >= 4 is 0 Å². The Hall–Kier alpha value is -1.94. The highest BCUT2D eigenvalue weighted by molar-refractivity contribution is 5.40. The van der Waals surface area contributed by atoms with Crippen molar-refractivity contribution in [3.8, 4) is 5.75 Å². The van der Waals surface area contributed by atoms with Crippen molar-refractivity contribution < 1.29 is 4.74 Å². The van der Waals surface area contributed by atoms with Crippen molar-refractivity contribution in [2.45, 2.75) is 32.4 Å². The van der Waals surface area contributed by atoms with Crippen molar-refractivity contribution in [2.24, 2.45) is 0 Å². The molecule has 104 valence electrons. The maximum absolute atomic E-state index is 5.77. The fraction of sp³-hybridized carbons (Fsp3) is 0.375. The van der Waals surface area contributed by atoms with Gasteiger partial charge in [-0.25, -0.2) is 9.97 Å². The third-order valence-corrected chi connectivity index (χ3v) is 3.63. The van der Waals surface area contributed by atoms with Crippen molar-refractivity contribution in [1.82, 2.24) is 15.3 Å². The van der Waals surface area contributed by atoms with Crippen molar-refractivity contribution in [1.29, 1.82) is 0 Å². The van der Waals surface area contributed by atoms with Crippen LogP contribution in [0.2, 0.25) is 0 Å². The van der Waals surface area contributed by atoms with Gasteiger partial charge in [0.15, 0.2) is 5.82 Å². The molecule has 0 spiro atoms. The summed E-state index contributed by atoms with van der Waals surface area (Å²) >= 11 is 0. The van der Waals surface area contributed by atoms with E-state index in [1.165, 1.54) is 17.5 Å². The second-order valence-corrected chi connectivity index (χ2v) is 4.96. The molecule has 0 aliphatic heterocycles. The lowest BCUT2D eigenvalue weighted by Gasteiger charge is -2.13. The Morgan fingerprint density at radius 3 is 2.95 bits per heavy atom. The van der Waals surface area contributed by atoms with Crippen LogP contribution < -0.4 is 10.1 Å². The molecule has 3 rings (SSSR count). The number of nitrogens with zero attached hydrogens (tertiary/aromatic N) is 2. The van der Waals surface area contributed by atoms with Crippen LogP contribution in [0.25, 0.3) is 0 Å². The van der Waals surface area contributed by atoms with E-state index >= 15 is 0 Å². The molecule has 0 amide bonds. The number of ether oxygens (including phenoxy) is 1. The molecule has 0 saturated heterocycles. The summed E-state index contributed by atoms with van der Waals surface area (Å²) in [5.74, 6) is 1.60. The lowest BCUT2D eigenvalue weighted by molar-refractivity contribution is 0.295. The molecule has 1 aromatic carbocycles. The molecule has 1 heterocycles. The minimum atomic E-state index is 0.413. The van der Waals surface area contributed by atoms with Gasteiger partial charge in [-0.05, 0) is 48.7 Å². The van der Waals surface area contributed by atoms with Crippen LogP contribution >= 0.6 is 0 Å². The van der Waals surface area contributed by atoms with E-state index in [1.807, 2.05) is 6.07 Å². The lowest BCUT2D eigenvalue weighted by Crippen LogP contribution is -2.18. The van der Waals surface area contributed by atoms with Crippen LogP contribution in [-0.2, 0) is 13.0 Å². The lowest BCUT2D eigenvalue weighted by atomic mass is 10.1. The maximum atomic E-state index is 5.77. The standard InChI is InChI=1S/C16H19N3O/c1-2-17-15-7-4-12-10-13(5-6-14(12)15)20-11-16-18-8-3-9-19-16/h3,5-6,8-10,15,17H,2,4,7,11H2,1H3. The second kappa shape index (κ2) is 6.01. The quantitative estimate of drug-likeness (QED) is 0.906. The van der Waals surface area contributed by atoms with E-state index < -0.39 is 0 Å². The van der Waals surface area contributed by atoms with Gasteiger partial charge in [0, 0.05) is 18.4 Å². The molecule has 1 aliphatic carbocycles. The molecule has 0 radical (unpaired) electrons. The van der Waals surface area contributed by atoms with Crippen LogP contribution in [0.5, 0.6) is 5.75 Å². The zero-order valence-electron chi connectivity index (χ0n) is 11.7. The highest BCUT2D eigenvalue weighted by Crippen LogP contribution is 2.33. The van der Waals surface area contributed by atoms with Gasteiger partial charge in [0.1, 0.15) is 12.4 Å². The molecule has 1 unspecified atom stereocenters. The second-order valence-electron chi connectivity index (χ2n) is 4.96. The first-order valence-electron chi connectivity index (χ1n) is 7.11. The minimum absolute atomic E-state index is 0.413. The van der Waals surface area contributed by atoms with Crippen molar-refractivity contribution in [3.05, 3.63) is 53.6 Å². The summed E-state index contributed by atoms with van der Waals surface area (Å²) in [6.45, 7) is 3.57. The van der Waals surface area contributed by atoms with Crippen LogP contribution in [0.4, 0.5) is 0 Å². The average Bonchev–Trinajstić information content (AvgIpc) is 2.89. The number of aryl methyl sites for hydroxylation is 1. The van der Waals surface area contributed by atoms with Gasteiger partial charge in [0.05, 0.1) is 0 Å². The van der Waals surface area contributed by atoms with Crippen LogP contribution in [0.1, 0.15) is 36.3 Å². The van der Waals surface area contributed by atoms with Gasteiger partial charge >= 0.3 is 0 Å². The van der Waals surface area contributed by atoms with E-state index in [0.717, 1.165) is 18.7 Å². The van der Waals surface area contributed by atoms with Crippen LogP contribution in [0, 0.1) is 0 Å². The Kier molecular flexibility index (Phi) is 3.92. The van der Waals surface area contributed by atoms with Crippen molar-refractivity contribution in [3.63, 3.8) is 0 Å². The Morgan fingerprint density at radius 2 is 2.15 bits per heavy atom. The minimum Gasteiger partial charge on any atom is -0.486 e. The van der Waals surface area contributed by atoms with E-state index in [9.17, 15) is 0 Å². The Balaban J connectivity index is 1.68. The van der Waals surface area contributed by atoms with Crippen LogP contribution in [0.3, 0.4) is 0 Å². The average molecular weight is 269 g/mol. The van der Waals surface area contributed by atoms with Crippen LogP contribution in [0.15, 0.2) is 36.7 Å². The molecular formula is C16H19N3O. The fourth-order valence-electron chi connectivity index (χ4n) is 2.69. The summed E-state index contributed by atoms with van der Waals surface area (Å²) in [5.41, 5.74) is 2.80. The molecule has 0 fully saturated rings. The first-order chi connectivity index (χ1) is 9.86. The summed E-state index contributed by atoms with van der Waals surface area (Å²) < 4.78 is 5.77. The maximum Gasteiger partial charge on any atom is 0.166 e. The highest BCUT2D eigenvalue weighted by Gasteiger charge is 2.21. The summed E-state index contributed by atoms with van der Waals surface area (Å²) in [6, 6.07) is 8.67. The van der Waals surface area contributed by atoms with Gasteiger partial charge in [-0.3, -0.25) is 0 Å². The topological polar surface area (TPSA) is 47.0 Å². The molecule has 1 N–H and O–H groups in total. The highest BCUT2D eigenvalue weighted by atomic mass is 16.5. The molecule has 1 aliphatic rings. The summed E-state index contributed by atoms with van der Waals surface area (Å²) in [5, 5.41) is 3.52. The summed E-state index contributed by atoms with van der Waals surface area (Å²) in [4.78, 5) is 8.31. The SMILES string of the molecule is CCNC1CCc2cc(OCc3ncccn3)ccc21. The van der Waals surface area contributed by atoms with E-state index in [-0.39, 0.29) is 0 Å². The zero-order valence-corrected chi connectivity index (χ0v) is 11.7. The number of fused-ring (bicyclic) bond motifs is 1. The Labute approximate surface area is 119 Å². The number of rotatable bonds is 5. The number of nitrogens with one attached hydrogen (secondary N) is 1. The third kappa shape index (κ3) is 2.80. The summed E-state index contributed by atoms with van der Waals surface area (Å²) in [6.07, 6.45) is 5.76. The number of hydrogen-bond donors (Lipinski definition) is 1. The number of hydrogen-bond acceptors (Lipinski definition) is 4. The number of benzene rings is 1. The molecule has 1 atom stereocenters. The van der Waals surface area contributed by atoms with Gasteiger partial charge in [-0.2, -0.15) is 0 Å². The largest absolute Gasteiger partial charge is 0.486 e. The van der Waals surface area contributed by atoms with E-state index in [1.54, 1.807) is 18.5 Å². The first-order valence-corrected chi connectivity index (χ1v) is 7.11. The zero-order chi connectivity index (χ0) is 13.8. The molecule has 20 heavy (non-hydrogen) atoms. The van der Waals surface area contributed by atoms with Gasteiger partial charge in [0.25, 0.3) is 0 Å². The van der Waals surface area contributed by atoms with E-state index in [4.69, 9.17) is 4.74 Å². The number of aromatic nitrogens is 2. The normalized spacial score (nSPS) is 16.9. The van der Waals surface area contributed by atoms with Gasteiger partial charge in [0.2, 0.25) is 0 Å². The van der Waals surface area contributed by atoms with Crippen LogP contribution in [-0.4, -0.2) is 16.5 Å².